The van der Waals surface area contributed by atoms with Crippen molar-refractivity contribution in [2.24, 2.45) is 5.73 Å². The van der Waals surface area contributed by atoms with Gasteiger partial charge in [0.2, 0.25) is 5.82 Å². The molecular weight excluding hydrogens is 188 g/mol. The largest absolute Gasteiger partial charge is 0.505 e. The Balaban J connectivity index is 3.04. The van der Waals surface area contributed by atoms with Crippen LogP contribution in [0.3, 0.4) is 0 Å². The number of phenols is 1. The highest BCUT2D eigenvalue weighted by Crippen LogP contribution is 2.30. The van der Waals surface area contributed by atoms with Gasteiger partial charge in [-0.05, 0) is 24.9 Å². The van der Waals surface area contributed by atoms with E-state index in [2.05, 4.69) is 0 Å². The van der Waals surface area contributed by atoms with Gasteiger partial charge in [0.1, 0.15) is 0 Å². The van der Waals surface area contributed by atoms with Crippen LogP contribution in [0.25, 0.3) is 0 Å². The van der Waals surface area contributed by atoms with E-state index in [0.717, 1.165) is 6.07 Å². The van der Waals surface area contributed by atoms with Crippen LogP contribution in [0, 0.1) is 11.6 Å². The van der Waals surface area contributed by atoms with Crippen LogP contribution in [-0.4, -0.2) is 11.7 Å². The molecule has 0 radical (unpaired) electrons. The Morgan fingerprint density at radius 3 is 2.64 bits per heavy atom. The summed E-state index contributed by atoms with van der Waals surface area (Å²) in [5.41, 5.74) is 5.73. The van der Waals surface area contributed by atoms with E-state index in [4.69, 9.17) is 5.73 Å². The Hall–Kier alpha value is -1.16. The van der Waals surface area contributed by atoms with Crippen molar-refractivity contribution in [3.8, 4) is 5.75 Å². The lowest BCUT2D eigenvalue weighted by Gasteiger charge is -2.12. The molecule has 1 unspecified atom stereocenters. The number of benzene rings is 1. The molecule has 1 rings (SSSR count). The average molecular weight is 201 g/mol. The van der Waals surface area contributed by atoms with Gasteiger partial charge in [-0.1, -0.05) is 13.0 Å². The van der Waals surface area contributed by atoms with E-state index < -0.39 is 17.4 Å². The van der Waals surface area contributed by atoms with Gasteiger partial charge in [0.05, 0.1) is 0 Å². The maximum atomic E-state index is 12.9. The van der Waals surface area contributed by atoms with Gasteiger partial charge in [-0.25, -0.2) is 4.39 Å². The zero-order valence-corrected chi connectivity index (χ0v) is 7.93. The standard InChI is InChI=1S/C10H13F2NO/c1-6(4-5-13)7-2-3-8(11)9(12)10(7)14/h2-3,6,14H,4-5,13H2,1H3. The molecule has 78 valence electrons. The highest BCUT2D eigenvalue weighted by atomic mass is 19.2. The van der Waals surface area contributed by atoms with E-state index in [0.29, 0.717) is 18.5 Å². The van der Waals surface area contributed by atoms with Gasteiger partial charge >= 0.3 is 0 Å². The van der Waals surface area contributed by atoms with Crippen molar-refractivity contribution in [3.63, 3.8) is 0 Å². The number of hydrogen-bond acceptors (Lipinski definition) is 2. The topological polar surface area (TPSA) is 46.2 Å². The molecule has 0 aliphatic heterocycles. The first-order chi connectivity index (χ1) is 6.57. The molecule has 0 aromatic heterocycles. The van der Waals surface area contributed by atoms with Crippen molar-refractivity contribution in [2.45, 2.75) is 19.3 Å². The number of hydrogen-bond donors (Lipinski definition) is 2. The fourth-order valence-corrected chi connectivity index (χ4v) is 1.36. The van der Waals surface area contributed by atoms with Crippen LogP contribution in [0.15, 0.2) is 12.1 Å². The summed E-state index contributed by atoms with van der Waals surface area (Å²) >= 11 is 0. The Morgan fingerprint density at radius 2 is 2.07 bits per heavy atom. The minimum atomic E-state index is -1.19. The highest BCUT2D eigenvalue weighted by Gasteiger charge is 2.16. The zero-order valence-electron chi connectivity index (χ0n) is 7.93. The lowest BCUT2D eigenvalue weighted by atomic mass is 9.96. The molecule has 2 nitrogen and oxygen atoms in total. The maximum absolute atomic E-state index is 12.9. The van der Waals surface area contributed by atoms with Crippen molar-refractivity contribution >= 4 is 0 Å². The van der Waals surface area contributed by atoms with Gasteiger partial charge in [0.25, 0.3) is 0 Å². The molecule has 0 saturated carbocycles. The molecular formula is C10H13F2NO. The molecule has 1 aromatic carbocycles. The number of nitrogens with two attached hydrogens (primary N) is 1. The van der Waals surface area contributed by atoms with Gasteiger partial charge in [-0.3, -0.25) is 0 Å². The summed E-state index contributed by atoms with van der Waals surface area (Å²) in [6.45, 7) is 2.25. The smallest absolute Gasteiger partial charge is 0.200 e. The molecule has 14 heavy (non-hydrogen) atoms. The average Bonchev–Trinajstić information content (AvgIpc) is 2.15. The quantitative estimate of drug-likeness (QED) is 0.786. The fourth-order valence-electron chi connectivity index (χ4n) is 1.36. The number of aromatic hydroxyl groups is 1. The molecule has 0 saturated heterocycles. The summed E-state index contributed by atoms with van der Waals surface area (Å²) in [4.78, 5) is 0. The van der Waals surface area contributed by atoms with E-state index in [1.807, 2.05) is 0 Å². The molecule has 0 amide bonds. The summed E-state index contributed by atoms with van der Waals surface area (Å²) in [5, 5.41) is 9.32. The number of halogens is 2. The van der Waals surface area contributed by atoms with Crippen molar-refractivity contribution in [2.75, 3.05) is 6.54 Å². The number of phenolic OH excluding ortho intramolecular Hbond substituents is 1. The van der Waals surface area contributed by atoms with Crippen LogP contribution in [-0.2, 0) is 0 Å². The first-order valence-corrected chi connectivity index (χ1v) is 4.44. The molecule has 0 aliphatic carbocycles. The summed E-state index contributed by atoms with van der Waals surface area (Å²) in [6.07, 6.45) is 0.624. The van der Waals surface area contributed by atoms with Crippen molar-refractivity contribution in [3.05, 3.63) is 29.3 Å². The van der Waals surface area contributed by atoms with Crippen LogP contribution in [0.1, 0.15) is 24.8 Å². The van der Waals surface area contributed by atoms with E-state index in [1.165, 1.54) is 6.07 Å². The summed E-state index contributed by atoms with van der Waals surface area (Å²) < 4.78 is 25.6. The van der Waals surface area contributed by atoms with Crippen LogP contribution < -0.4 is 5.73 Å². The molecule has 0 bridgehead atoms. The van der Waals surface area contributed by atoms with Crippen LogP contribution >= 0.6 is 0 Å². The zero-order chi connectivity index (χ0) is 10.7. The predicted octanol–water partition coefficient (Wildman–Crippen LogP) is 2.12. The third kappa shape index (κ3) is 2.01. The fraction of sp³-hybridized carbons (Fsp3) is 0.400. The van der Waals surface area contributed by atoms with Gasteiger partial charge in [0, 0.05) is 5.56 Å². The SMILES string of the molecule is CC(CCN)c1ccc(F)c(F)c1O. The molecule has 0 fully saturated rings. The molecule has 1 aromatic rings. The van der Waals surface area contributed by atoms with Crippen LogP contribution in [0.4, 0.5) is 8.78 Å². The minimum Gasteiger partial charge on any atom is -0.505 e. The molecule has 4 heteroatoms. The van der Waals surface area contributed by atoms with Crippen molar-refractivity contribution in [1.82, 2.24) is 0 Å². The van der Waals surface area contributed by atoms with Crippen LogP contribution in [0.2, 0.25) is 0 Å². The van der Waals surface area contributed by atoms with Crippen molar-refractivity contribution < 1.29 is 13.9 Å². The summed E-state index contributed by atoms with van der Waals surface area (Å²) in [6, 6.07) is 2.39. The summed E-state index contributed by atoms with van der Waals surface area (Å²) in [7, 11) is 0. The Bertz CT molecular complexity index is 328. The van der Waals surface area contributed by atoms with E-state index >= 15 is 0 Å². The molecule has 0 spiro atoms. The number of rotatable bonds is 3. The molecule has 1 atom stereocenters. The normalized spacial score (nSPS) is 12.9. The van der Waals surface area contributed by atoms with Gasteiger partial charge in [0.15, 0.2) is 11.6 Å². The molecule has 0 heterocycles. The lowest BCUT2D eigenvalue weighted by Crippen LogP contribution is -2.05. The van der Waals surface area contributed by atoms with Gasteiger partial charge in [-0.2, -0.15) is 4.39 Å². The minimum absolute atomic E-state index is 0.0740. The second-order valence-corrected chi connectivity index (χ2v) is 3.28. The maximum Gasteiger partial charge on any atom is 0.200 e. The Morgan fingerprint density at radius 1 is 1.43 bits per heavy atom. The lowest BCUT2D eigenvalue weighted by molar-refractivity contribution is 0.397. The third-order valence-corrected chi connectivity index (χ3v) is 2.23. The van der Waals surface area contributed by atoms with E-state index in [1.54, 1.807) is 6.92 Å². The molecule has 3 N–H and O–H groups in total. The molecule has 0 aliphatic rings. The van der Waals surface area contributed by atoms with E-state index in [9.17, 15) is 13.9 Å². The third-order valence-electron chi connectivity index (χ3n) is 2.23. The first-order valence-electron chi connectivity index (χ1n) is 4.44. The van der Waals surface area contributed by atoms with Gasteiger partial charge in [-0.15, -0.1) is 0 Å². The first kappa shape index (κ1) is 10.9. The Kier molecular flexibility index (Phi) is 3.41. The second-order valence-electron chi connectivity index (χ2n) is 3.28. The van der Waals surface area contributed by atoms with Crippen LogP contribution in [0.5, 0.6) is 5.75 Å². The Labute approximate surface area is 81.4 Å². The summed E-state index contributed by atoms with van der Waals surface area (Å²) in [5.74, 6) is -2.90. The second kappa shape index (κ2) is 4.37. The highest BCUT2D eigenvalue weighted by molar-refractivity contribution is 5.36. The van der Waals surface area contributed by atoms with Crippen molar-refractivity contribution in [1.29, 1.82) is 0 Å². The van der Waals surface area contributed by atoms with Gasteiger partial charge < -0.3 is 10.8 Å². The predicted molar refractivity (Wildman–Crippen MR) is 50.1 cm³/mol. The van der Waals surface area contributed by atoms with E-state index in [-0.39, 0.29) is 5.92 Å². The monoisotopic (exact) mass is 201 g/mol.